The van der Waals surface area contributed by atoms with Gasteiger partial charge in [0.15, 0.2) is 0 Å². The fourth-order valence-corrected chi connectivity index (χ4v) is 1.85. The first-order valence-electron chi connectivity index (χ1n) is 6.76. The van der Waals surface area contributed by atoms with Gasteiger partial charge in [-0.15, -0.1) is 0 Å². The SMILES string of the molecule is COCCOCCCOC1CC(O)C1OCCOC. The molecule has 1 rings (SSSR count). The average Bonchev–Trinajstić information content (AvgIpc) is 2.41. The molecule has 1 N–H and O–H groups in total. The highest BCUT2D eigenvalue weighted by Crippen LogP contribution is 2.27. The second-order valence-electron chi connectivity index (χ2n) is 4.50. The standard InChI is InChI=1S/C13H26O6/c1-15-6-8-17-4-3-5-18-12-10-11(14)13(12)19-9-7-16-2/h11-14H,3-10H2,1-2H3. The Hall–Kier alpha value is -0.240. The van der Waals surface area contributed by atoms with Gasteiger partial charge in [-0.2, -0.15) is 0 Å². The Morgan fingerprint density at radius 3 is 2.32 bits per heavy atom. The van der Waals surface area contributed by atoms with Gasteiger partial charge in [-0.25, -0.2) is 0 Å². The molecule has 3 atom stereocenters. The van der Waals surface area contributed by atoms with Gasteiger partial charge in [0, 0.05) is 33.9 Å². The molecular formula is C13H26O6. The van der Waals surface area contributed by atoms with E-state index in [-0.39, 0.29) is 12.2 Å². The van der Waals surface area contributed by atoms with Gasteiger partial charge in [-0.05, 0) is 6.42 Å². The lowest BCUT2D eigenvalue weighted by atomic mass is 9.88. The summed E-state index contributed by atoms with van der Waals surface area (Å²) in [6, 6.07) is 0. The zero-order valence-corrected chi connectivity index (χ0v) is 11.9. The molecule has 0 heterocycles. The molecule has 1 aliphatic carbocycles. The number of aliphatic hydroxyl groups is 1. The van der Waals surface area contributed by atoms with E-state index in [1.165, 1.54) is 0 Å². The second kappa shape index (κ2) is 10.5. The van der Waals surface area contributed by atoms with Gasteiger partial charge >= 0.3 is 0 Å². The van der Waals surface area contributed by atoms with Crippen LogP contribution in [0.15, 0.2) is 0 Å². The smallest absolute Gasteiger partial charge is 0.110 e. The Balaban J connectivity index is 1.96. The van der Waals surface area contributed by atoms with E-state index in [0.29, 0.717) is 46.1 Å². The van der Waals surface area contributed by atoms with Crippen molar-refractivity contribution < 1.29 is 28.8 Å². The average molecular weight is 278 g/mol. The molecule has 0 aromatic rings. The van der Waals surface area contributed by atoms with Crippen LogP contribution in [0.25, 0.3) is 0 Å². The number of rotatable bonds is 12. The van der Waals surface area contributed by atoms with Gasteiger partial charge in [-0.3, -0.25) is 0 Å². The molecule has 0 aliphatic heterocycles. The number of hydrogen-bond acceptors (Lipinski definition) is 6. The third kappa shape index (κ3) is 6.65. The molecule has 0 bridgehead atoms. The molecule has 6 nitrogen and oxygen atoms in total. The van der Waals surface area contributed by atoms with Gasteiger partial charge < -0.3 is 28.8 Å². The van der Waals surface area contributed by atoms with Crippen molar-refractivity contribution >= 4 is 0 Å². The van der Waals surface area contributed by atoms with Crippen molar-refractivity contribution in [2.75, 3.05) is 53.9 Å². The molecule has 6 heteroatoms. The van der Waals surface area contributed by atoms with E-state index in [1.54, 1.807) is 14.2 Å². The molecule has 0 radical (unpaired) electrons. The molecule has 114 valence electrons. The summed E-state index contributed by atoms with van der Waals surface area (Å²) in [5, 5.41) is 9.59. The molecule has 0 saturated heterocycles. The van der Waals surface area contributed by atoms with Gasteiger partial charge in [0.1, 0.15) is 6.10 Å². The lowest BCUT2D eigenvalue weighted by Crippen LogP contribution is -2.54. The maximum absolute atomic E-state index is 9.59. The molecule has 1 fully saturated rings. The van der Waals surface area contributed by atoms with Crippen molar-refractivity contribution in [3.05, 3.63) is 0 Å². The topological polar surface area (TPSA) is 66.4 Å². The summed E-state index contributed by atoms with van der Waals surface area (Å²) >= 11 is 0. The summed E-state index contributed by atoms with van der Waals surface area (Å²) in [5.41, 5.74) is 0. The van der Waals surface area contributed by atoms with E-state index in [4.69, 9.17) is 23.7 Å². The minimum absolute atomic E-state index is 0.00849. The van der Waals surface area contributed by atoms with Crippen LogP contribution in [0.1, 0.15) is 12.8 Å². The van der Waals surface area contributed by atoms with Crippen molar-refractivity contribution in [1.82, 2.24) is 0 Å². The van der Waals surface area contributed by atoms with E-state index in [9.17, 15) is 5.11 Å². The number of ether oxygens (including phenoxy) is 5. The molecule has 0 spiro atoms. The summed E-state index contributed by atoms with van der Waals surface area (Å²) in [6.45, 7) is 3.52. The third-order valence-corrected chi connectivity index (χ3v) is 3.01. The molecule has 1 saturated carbocycles. The quantitative estimate of drug-likeness (QED) is 0.515. The second-order valence-corrected chi connectivity index (χ2v) is 4.50. The van der Waals surface area contributed by atoms with Crippen molar-refractivity contribution in [2.24, 2.45) is 0 Å². The Morgan fingerprint density at radius 1 is 0.895 bits per heavy atom. The van der Waals surface area contributed by atoms with Gasteiger partial charge in [0.2, 0.25) is 0 Å². The maximum Gasteiger partial charge on any atom is 0.110 e. The van der Waals surface area contributed by atoms with Crippen molar-refractivity contribution in [3.8, 4) is 0 Å². The molecule has 0 amide bonds. The highest BCUT2D eigenvalue weighted by Gasteiger charge is 2.41. The monoisotopic (exact) mass is 278 g/mol. The Bertz CT molecular complexity index is 213. The van der Waals surface area contributed by atoms with Crippen molar-refractivity contribution in [1.29, 1.82) is 0 Å². The summed E-state index contributed by atoms with van der Waals surface area (Å²) in [4.78, 5) is 0. The summed E-state index contributed by atoms with van der Waals surface area (Å²) in [6.07, 6.45) is 0.832. The van der Waals surface area contributed by atoms with Gasteiger partial charge in [0.05, 0.1) is 38.6 Å². The van der Waals surface area contributed by atoms with Crippen LogP contribution in [0.2, 0.25) is 0 Å². The Kier molecular flexibility index (Phi) is 9.32. The van der Waals surface area contributed by atoms with E-state index >= 15 is 0 Å². The van der Waals surface area contributed by atoms with Gasteiger partial charge in [-0.1, -0.05) is 0 Å². The molecule has 3 unspecified atom stereocenters. The van der Waals surface area contributed by atoms with E-state index in [0.717, 1.165) is 6.42 Å². The molecule has 0 aromatic carbocycles. The van der Waals surface area contributed by atoms with Crippen LogP contribution in [-0.4, -0.2) is 77.3 Å². The minimum atomic E-state index is -0.417. The van der Waals surface area contributed by atoms with E-state index in [2.05, 4.69) is 0 Å². The van der Waals surface area contributed by atoms with Crippen LogP contribution in [0.5, 0.6) is 0 Å². The number of hydrogen-bond donors (Lipinski definition) is 1. The van der Waals surface area contributed by atoms with Gasteiger partial charge in [0.25, 0.3) is 0 Å². The van der Waals surface area contributed by atoms with Crippen LogP contribution < -0.4 is 0 Å². The number of methoxy groups -OCH3 is 2. The predicted octanol–water partition coefficient (Wildman–Crippen LogP) is 0.221. The van der Waals surface area contributed by atoms with Crippen molar-refractivity contribution in [2.45, 2.75) is 31.2 Å². The maximum atomic E-state index is 9.59. The largest absolute Gasteiger partial charge is 0.390 e. The molecule has 0 aromatic heterocycles. The lowest BCUT2D eigenvalue weighted by Gasteiger charge is -2.40. The van der Waals surface area contributed by atoms with E-state index < -0.39 is 6.10 Å². The summed E-state index contributed by atoms with van der Waals surface area (Å²) < 4.78 is 26.3. The highest BCUT2D eigenvalue weighted by molar-refractivity contribution is 4.91. The molecule has 19 heavy (non-hydrogen) atoms. The van der Waals surface area contributed by atoms with Crippen molar-refractivity contribution in [3.63, 3.8) is 0 Å². The third-order valence-electron chi connectivity index (χ3n) is 3.01. The van der Waals surface area contributed by atoms with E-state index in [1.807, 2.05) is 0 Å². The summed E-state index contributed by atoms with van der Waals surface area (Å²) in [5.74, 6) is 0. The minimum Gasteiger partial charge on any atom is -0.390 e. The zero-order chi connectivity index (χ0) is 13.9. The van der Waals surface area contributed by atoms with Crippen LogP contribution in [0.4, 0.5) is 0 Å². The zero-order valence-electron chi connectivity index (χ0n) is 11.9. The number of aliphatic hydroxyl groups excluding tert-OH is 1. The summed E-state index contributed by atoms with van der Waals surface area (Å²) in [7, 11) is 3.27. The predicted molar refractivity (Wildman–Crippen MR) is 69.3 cm³/mol. The normalized spacial score (nSPS) is 26.4. The van der Waals surface area contributed by atoms with Crippen LogP contribution >= 0.6 is 0 Å². The molecular weight excluding hydrogens is 252 g/mol. The first-order valence-corrected chi connectivity index (χ1v) is 6.76. The lowest BCUT2D eigenvalue weighted by molar-refractivity contribution is -0.196. The Labute approximate surface area is 114 Å². The highest BCUT2D eigenvalue weighted by atomic mass is 16.6. The van der Waals surface area contributed by atoms with Crippen LogP contribution in [-0.2, 0) is 23.7 Å². The molecule has 1 aliphatic rings. The first kappa shape index (κ1) is 16.8. The Morgan fingerprint density at radius 2 is 1.63 bits per heavy atom. The van der Waals surface area contributed by atoms with Crippen LogP contribution in [0, 0.1) is 0 Å². The fourth-order valence-electron chi connectivity index (χ4n) is 1.85. The van der Waals surface area contributed by atoms with Crippen LogP contribution in [0.3, 0.4) is 0 Å². The first-order chi connectivity index (χ1) is 9.29. The fraction of sp³-hybridized carbons (Fsp3) is 1.00.